The molecule has 0 unspecified atom stereocenters. The second-order valence-electron chi connectivity index (χ2n) is 4.12. The van der Waals surface area contributed by atoms with Gasteiger partial charge in [0, 0.05) is 0 Å². The molecular weight excluding hydrogens is 188 g/mol. The number of nitrogens with zero attached hydrogens (tertiary/aromatic N) is 1. The summed E-state index contributed by atoms with van der Waals surface area (Å²) in [5.41, 5.74) is 0. The van der Waals surface area contributed by atoms with Gasteiger partial charge < -0.3 is 0 Å². The zero-order valence-electron chi connectivity index (χ0n) is 10.1. The fraction of sp³-hybridized carbons (Fsp3) is 1.00. The Balaban J connectivity index is 2.83. The van der Waals surface area contributed by atoms with Crippen molar-refractivity contribution in [1.82, 2.24) is 5.32 Å². The Bertz CT molecular complexity index is 129. The highest BCUT2D eigenvalue weighted by Gasteiger charge is 1.91. The van der Waals surface area contributed by atoms with Crippen molar-refractivity contribution in [2.75, 3.05) is 13.2 Å². The fourth-order valence-corrected chi connectivity index (χ4v) is 1.69. The van der Waals surface area contributed by atoms with E-state index in [4.69, 9.17) is 0 Å². The van der Waals surface area contributed by atoms with Crippen LogP contribution < -0.4 is 5.32 Å². The number of rotatable bonds is 12. The third kappa shape index (κ3) is 13.6. The lowest BCUT2D eigenvalue weighted by Crippen LogP contribution is -2.14. The topological polar surface area (TPSA) is 41.5 Å². The Hall–Kier alpha value is -0.440. The predicted octanol–water partition coefficient (Wildman–Crippen LogP) is 3.83. The van der Waals surface area contributed by atoms with Gasteiger partial charge in [0.15, 0.2) is 0 Å². The van der Waals surface area contributed by atoms with Crippen molar-refractivity contribution >= 4 is 0 Å². The summed E-state index contributed by atoms with van der Waals surface area (Å²) in [4.78, 5) is 9.75. The van der Waals surface area contributed by atoms with Crippen molar-refractivity contribution in [2.24, 2.45) is 5.18 Å². The minimum absolute atomic E-state index is 0.261. The number of nitrogens with one attached hydrogen (secondary N) is 1. The van der Waals surface area contributed by atoms with E-state index in [9.17, 15) is 4.91 Å². The highest BCUT2D eigenvalue weighted by molar-refractivity contribution is 4.49. The number of unbranched alkanes of at least 4 members (excludes halogenated alkanes) is 8. The quantitative estimate of drug-likeness (QED) is 0.396. The second-order valence-corrected chi connectivity index (χ2v) is 4.12. The molecule has 0 amide bonds. The minimum Gasteiger partial charge on any atom is -0.295 e. The lowest BCUT2D eigenvalue weighted by atomic mass is 10.1. The van der Waals surface area contributed by atoms with E-state index in [-0.39, 0.29) is 6.67 Å². The summed E-state index contributed by atoms with van der Waals surface area (Å²) in [6, 6.07) is 0. The van der Waals surface area contributed by atoms with Crippen LogP contribution in [0.1, 0.15) is 64.7 Å². The third-order valence-corrected chi connectivity index (χ3v) is 2.63. The van der Waals surface area contributed by atoms with E-state index < -0.39 is 0 Å². The summed E-state index contributed by atoms with van der Waals surface area (Å²) >= 11 is 0. The van der Waals surface area contributed by atoms with E-state index in [1.165, 1.54) is 57.8 Å². The van der Waals surface area contributed by atoms with Crippen LogP contribution in [0.4, 0.5) is 0 Å². The first-order chi connectivity index (χ1) is 7.41. The summed E-state index contributed by atoms with van der Waals surface area (Å²) in [6.07, 6.45) is 12.1. The van der Waals surface area contributed by atoms with E-state index >= 15 is 0 Å². The van der Waals surface area contributed by atoms with Crippen molar-refractivity contribution in [3.63, 3.8) is 0 Å². The Kier molecular flexibility index (Phi) is 13.2. The van der Waals surface area contributed by atoms with Crippen molar-refractivity contribution in [3.05, 3.63) is 4.91 Å². The van der Waals surface area contributed by atoms with E-state index in [0.717, 1.165) is 6.54 Å². The Morgan fingerprint density at radius 1 is 0.867 bits per heavy atom. The molecule has 0 radical (unpaired) electrons. The molecule has 0 rings (SSSR count). The summed E-state index contributed by atoms with van der Waals surface area (Å²) in [7, 11) is 0. The van der Waals surface area contributed by atoms with Crippen LogP contribution in [0.2, 0.25) is 0 Å². The monoisotopic (exact) mass is 214 g/mol. The van der Waals surface area contributed by atoms with Gasteiger partial charge >= 0.3 is 0 Å². The van der Waals surface area contributed by atoms with Crippen molar-refractivity contribution in [1.29, 1.82) is 0 Å². The van der Waals surface area contributed by atoms with Gasteiger partial charge in [0.05, 0.1) is 0 Å². The van der Waals surface area contributed by atoms with Gasteiger partial charge in [-0.05, 0) is 13.0 Å². The first-order valence-electron chi connectivity index (χ1n) is 6.41. The second kappa shape index (κ2) is 13.6. The largest absolute Gasteiger partial charge is 0.295 e. The highest BCUT2D eigenvalue weighted by atomic mass is 16.3. The van der Waals surface area contributed by atoms with E-state index in [1.54, 1.807) is 0 Å². The van der Waals surface area contributed by atoms with Gasteiger partial charge in [0.25, 0.3) is 0 Å². The SMILES string of the molecule is CCCCCCCCCCCNCN=O. The third-order valence-electron chi connectivity index (χ3n) is 2.63. The molecule has 0 saturated carbocycles. The lowest BCUT2D eigenvalue weighted by molar-refractivity contribution is 0.551. The molecule has 0 aliphatic carbocycles. The minimum atomic E-state index is 0.261. The molecule has 0 heterocycles. The maximum absolute atomic E-state index is 9.75. The molecule has 0 fully saturated rings. The maximum Gasteiger partial charge on any atom is 0.131 e. The van der Waals surface area contributed by atoms with Crippen LogP contribution in [-0.2, 0) is 0 Å². The number of hydrogen-bond acceptors (Lipinski definition) is 3. The maximum atomic E-state index is 9.75. The molecule has 0 aliphatic rings. The van der Waals surface area contributed by atoms with Gasteiger partial charge in [-0.3, -0.25) is 5.32 Å². The standard InChI is InChI=1S/C12H26N2O/c1-2-3-4-5-6-7-8-9-10-11-13-12-14-15/h13H,2-12H2,1H3. The van der Waals surface area contributed by atoms with Crippen molar-refractivity contribution in [3.8, 4) is 0 Å². The van der Waals surface area contributed by atoms with Crippen LogP contribution in [-0.4, -0.2) is 13.2 Å². The summed E-state index contributed by atoms with van der Waals surface area (Å²) < 4.78 is 0. The van der Waals surface area contributed by atoms with E-state index in [2.05, 4.69) is 17.4 Å². The molecule has 0 aliphatic heterocycles. The lowest BCUT2D eigenvalue weighted by Gasteiger charge is -2.02. The molecule has 15 heavy (non-hydrogen) atoms. The molecule has 0 aromatic rings. The van der Waals surface area contributed by atoms with Gasteiger partial charge in [0.2, 0.25) is 0 Å². The molecule has 0 bridgehead atoms. The van der Waals surface area contributed by atoms with E-state index in [1.807, 2.05) is 0 Å². The molecule has 0 aromatic carbocycles. The van der Waals surface area contributed by atoms with Crippen LogP contribution in [0.25, 0.3) is 0 Å². The van der Waals surface area contributed by atoms with Gasteiger partial charge in [0.1, 0.15) is 6.67 Å². The van der Waals surface area contributed by atoms with Crippen LogP contribution >= 0.6 is 0 Å². The number of nitroso groups, excluding NO2 is 1. The molecule has 0 atom stereocenters. The molecular formula is C12H26N2O. The highest BCUT2D eigenvalue weighted by Crippen LogP contribution is 2.08. The zero-order chi connectivity index (χ0) is 11.2. The van der Waals surface area contributed by atoms with Crippen molar-refractivity contribution < 1.29 is 0 Å². The van der Waals surface area contributed by atoms with Crippen LogP contribution in [0.15, 0.2) is 5.18 Å². The Morgan fingerprint density at radius 2 is 1.40 bits per heavy atom. The molecule has 3 heteroatoms. The van der Waals surface area contributed by atoms with Gasteiger partial charge in [-0.2, -0.15) is 0 Å². The normalized spacial score (nSPS) is 10.5. The van der Waals surface area contributed by atoms with Crippen molar-refractivity contribution in [2.45, 2.75) is 64.7 Å². The first kappa shape index (κ1) is 14.6. The molecule has 1 N–H and O–H groups in total. The first-order valence-corrected chi connectivity index (χ1v) is 6.41. The van der Waals surface area contributed by atoms with Gasteiger partial charge in [-0.1, -0.05) is 63.5 Å². The summed E-state index contributed by atoms with van der Waals surface area (Å²) in [5.74, 6) is 0. The van der Waals surface area contributed by atoms with Crippen LogP contribution in [0, 0.1) is 4.91 Å². The molecule has 0 aromatic heterocycles. The molecule has 0 saturated heterocycles. The fourth-order valence-electron chi connectivity index (χ4n) is 1.69. The smallest absolute Gasteiger partial charge is 0.131 e. The average molecular weight is 214 g/mol. The molecule has 0 spiro atoms. The molecule has 90 valence electrons. The van der Waals surface area contributed by atoms with Gasteiger partial charge in [-0.25, -0.2) is 0 Å². The van der Waals surface area contributed by atoms with Gasteiger partial charge in [-0.15, -0.1) is 4.91 Å². The zero-order valence-corrected chi connectivity index (χ0v) is 10.1. The average Bonchev–Trinajstić information content (AvgIpc) is 2.26. The number of hydrogen-bond donors (Lipinski definition) is 1. The molecule has 3 nitrogen and oxygen atoms in total. The Morgan fingerprint density at radius 3 is 1.93 bits per heavy atom. The Labute approximate surface area is 94.0 Å². The van der Waals surface area contributed by atoms with Crippen LogP contribution in [0.5, 0.6) is 0 Å². The summed E-state index contributed by atoms with van der Waals surface area (Å²) in [6.45, 7) is 3.44. The van der Waals surface area contributed by atoms with Crippen LogP contribution in [0.3, 0.4) is 0 Å². The summed E-state index contributed by atoms with van der Waals surface area (Å²) in [5, 5.41) is 5.73. The predicted molar refractivity (Wildman–Crippen MR) is 65.9 cm³/mol. The van der Waals surface area contributed by atoms with E-state index in [0.29, 0.717) is 0 Å².